The molecule has 37 heavy (non-hydrogen) atoms. The number of rotatable bonds is 7. The maximum atomic E-state index is 13.6. The van der Waals surface area contributed by atoms with Gasteiger partial charge in [0.15, 0.2) is 5.65 Å². The topological polar surface area (TPSA) is 136 Å². The number of nitrogens with zero attached hydrogens (tertiary/aromatic N) is 5. The van der Waals surface area contributed by atoms with E-state index in [1.165, 1.54) is 6.33 Å². The molecule has 11 nitrogen and oxygen atoms in total. The molecule has 12 heteroatoms. The Morgan fingerprint density at radius 1 is 1.11 bits per heavy atom. The Bertz CT molecular complexity index is 1350. The number of anilines is 2. The Kier molecular flexibility index (Phi) is 7.29. The number of para-hydroxylation sites is 1. The summed E-state index contributed by atoms with van der Waals surface area (Å²) in [7, 11) is -3.70. The maximum absolute atomic E-state index is 13.6. The highest BCUT2D eigenvalue weighted by Gasteiger charge is 2.36. The van der Waals surface area contributed by atoms with Crippen LogP contribution in [0.25, 0.3) is 11.0 Å². The predicted molar refractivity (Wildman–Crippen MR) is 142 cm³/mol. The van der Waals surface area contributed by atoms with Gasteiger partial charge >= 0.3 is 0 Å². The zero-order valence-corrected chi connectivity index (χ0v) is 22.0. The second-order valence-corrected chi connectivity index (χ2v) is 11.8. The second kappa shape index (κ2) is 10.6. The number of piperidine rings is 2. The molecule has 4 heterocycles. The summed E-state index contributed by atoms with van der Waals surface area (Å²) in [5.41, 5.74) is 1.12. The number of fused-ring (bicyclic) bond motifs is 1. The number of carbonyl (C=O) groups excluding carboxylic acids is 1. The van der Waals surface area contributed by atoms with Gasteiger partial charge in [0, 0.05) is 31.2 Å². The Balaban J connectivity index is 1.23. The summed E-state index contributed by atoms with van der Waals surface area (Å²) in [6, 6.07) is 6.66. The molecule has 198 valence electrons. The lowest BCUT2D eigenvalue weighted by Crippen LogP contribution is -2.49. The highest BCUT2D eigenvalue weighted by Crippen LogP contribution is 2.32. The maximum Gasteiger partial charge on any atom is 0.245 e. The number of hydrogen-bond donors (Lipinski definition) is 3. The minimum Gasteiger partial charge on any atom is -0.375 e. The van der Waals surface area contributed by atoms with Gasteiger partial charge < -0.3 is 15.5 Å². The lowest BCUT2D eigenvalue weighted by Gasteiger charge is -2.38. The van der Waals surface area contributed by atoms with Gasteiger partial charge in [-0.3, -0.25) is 9.89 Å². The Hall–Kier alpha value is -3.25. The normalized spacial score (nSPS) is 23.2. The van der Waals surface area contributed by atoms with E-state index in [4.69, 9.17) is 0 Å². The van der Waals surface area contributed by atoms with Crippen LogP contribution in [0, 0.1) is 0 Å². The molecule has 1 aromatic carbocycles. The Morgan fingerprint density at radius 3 is 2.70 bits per heavy atom. The first kappa shape index (κ1) is 25.4. The zero-order chi connectivity index (χ0) is 26.0. The highest BCUT2D eigenvalue weighted by atomic mass is 32.2. The van der Waals surface area contributed by atoms with Crippen molar-refractivity contribution in [3.05, 3.63) is 36.8 Å². The third-order valence-corrected chi connectivity index (χ3v) is 9.49. The van der Waals surface area contributed by atoms with Gasteiger partial charge in [0.2, 0.25) is 15.9 Å². The number of H-pyrrole nitrogens is 1. The minimum atomic E-state index is -3.70. The number of benzene rings is 1. The summed E-state index contributed by atoms with van der Waals surface area (Å²) in [5.74, 6) is 0.617. The third kappa shape index (κ3) is 5.26. The average molecular weight is 527 g/mol. The largest absolute Gasteiger partial charge is 0.375 e. The van der Waals surface area contributed by atoms with E-state index >= 15 is 0 Å². The van der Waals surface area contributed by atoms with Gasteiger partial charge in [-0.1, -0.05) is 18.6 Å². The van der Waals surface area contributed by atoms with Crippen molar-refractivity contribution in [2.75, 3.05) is 29.9 Å². The van der Waals surface area contributed by atoms with Crippen molar-refractivity contribution >= 4 is 38.5 Å². The first-order valence-corrected chi connectivity index (χ1v) is 14.3. The van der Waals surface area contributed by atoms with Crippen molar-refractivity contribution in [3.63, 3.8) is 0 Å². The lowest BCUT2D eigenvalue weighted by molar-refractivity contribution is -0.120. The molecule has 2 aliphatic rings. The monoisotopic (exact) mass is 526 g/mol. The molecule has 3 aromatic rings. The number of nitrogens with one attached hydrogen (secondary N) is 3. The fraction of sp³-hybridized carbons (Fsp3) is 0.520. The van der Waals surface area contributed by atoms with E-state index in [9.17, 15) is 13.2 Å². The quantitative estimate of drug-likeness (QED) is 0.427. The van der Waals surface area contributed by atoms with E-state index in [0.29, 0.717) is 17.9 Å². The molecule has 2 unspecified atom stereocenters. The van der Waals surface area contributed by atoms with Gasteiger partial charge in [-0.25, -0.2) is 18.4 Å². The third-order valence-electron chi connectivity index (χ3n) is 7.31. The highest BCUT2D eigenvalue weighted by molar-refractivity contribution is 7.89. The summed E-state index contributed by atoms with van der Waals surface area (Å²) in [6.45, 7) is 5.36. The van der Waals surface area contributed by atoms with Gasteiger partial charge in [0.1, 0.15) is 17.0 Å². The van der Waals surface area contributed by atoms with Crippen molar-refractivity contribution in [2.24, 2.45) is 0 Å². The SMILES string of the molecule is CC1CCCC(C)N1S(=O)(=O)c1ccccc1NCC(=O)N[C@@H]1CCCN(c2ncnc3[nH]ncc23)C1. The lowest BCUT2D eigenvalue weighted by atomic mass is 10.0. The van der Waals surface area contributed by atoms with E-state index in [1.54, 1.807) is 34.8 Å². The molecule has 2 aromatic heterocycles. The molecule has 2 fully saturated rings. The number of amides is 1. The minimum absolute atomic E-state index is 0.0202. The molecule has 0 saturated carbocycles. The smallest absolute Gasteiger partial charge is 0.245 e. The predicted octanol–water partition coefficient (Wildman–Crippen LogP) is 2.50. The van der Waals surface area contributed by atoms with Crippen LogP contribution in [-0.2, 0) is 14.8 Å². The van der Waals surface area contributed by atoms with Crippen molar-refractivity contribution in [2.45, 2.75) is 69.0 Å². The summed E-state index contributed by atoms with van der Waals surface area (Å²) in [5, 5.41) is 14.0. The first-order chi connectivity index (χ1) is 17.8. The van der Waals surface area contributed by atoms with Crippen molar-refractivity contribution in [3.8, 4) is 0 Å². The summed E-state index contributed by atoms with van der Waals surface area (Å²) in [4.78, 5) is 23.9. The van der Waals surface area contributed by atoms with Crippen LogP contribution in [0.5, 0.6) is 0 Å². The van der Waals surface area contributed by atoms with E-state index in [1.807, 2.05) is 13.8 Å². The van der Waals surface area contributed by atoms with Crippen LogP contribution in [0.2, 0.25) is 0 Å². The van der Waals surface area contributed by atoms with Crippen LogP contribution in [0.15, 0.2) is 41.7 Å². The van der Waals surface area contributed by atoms with Crippen molar-refractivity contribution in [1.82, 2.24) is 29.8 Å². The molecule has 5 rings (SSSR count). The molecule has 3 atom stereocenters. The molecule has 0 aliphatic carbocycles. The standard InChI is InChI=1S/C25H34N8O3S/c1-17-7-5-8-18(2)33(17)37(35,36)22-11-4-3-10-21(22)26-14-23(34)30-19-9-6-12-32(15-19)25-20-13-29-31-24(20)27-16-28-25/h3-4,10-11,13,16-19,26H,5-9,12,14-15H2,1-2H3,(H,30,34)(H,27,28,29,31)/t17?,18?,19-/m1/s1. The Morgan fingerprint density at radius 2 is 1.89 bits per heavy atom. The van der Waals surface area contributed by atoms with Crippen LogP contribution in [0.4, 0.5) is 11.5 Å². The van der Waals surface area contributed by atoms with E-state index in [-0.39, 0.29) is 35.5 Å². The average Bonchev–Trinajstić information content (AvgIpc) is 3.37. The van der Waals surface area contributed by atoms with E-state index < -0.39 is 10.0 Å². The molecule has 0 radical (unpaired) electrons. The molecule has 2 saturated heterocycles. The van der Waals surface area contributed by atoms with E-state index in [0.717, 1.165) is 49.9 Å². The molecule has 0 spiro atoms. The molecule has 3 N–H and O–H groups in total. The van der Waals surface area contributed by atoms with Crippen LogP contribution >= 0.6 is 0 Å². The summed E-state index contributed by atoms with van der Waals surface area (Å²) < 4.78 is 28.8. The fourth-order valence-electron chi connectivity index (χ4n) is 5.57. The van der Waals surface area contributed by atoms with Crippen molar-refractivity contribution < 1.29 is 13.2 Å². The van der Waals surface area contributed by atoms with Crippen LogP contribution in [0.1, 0.15) is 46.0 Å². The number of hydrogen-bond acceptors (Lipinski definition) is 8. The van der Waals surface area contributed by atoms with E-state index in [2.05, 4.69) is 35.7 Å². The van der Waals surface area contributed by atoms with Gasteiger partial charge in [-0.05, 0) is 51.7 Å². The fourth-order valence-corrected chi connectivity index (χ4v) is 7.62. The van der Waals surface area contributed by atoms with Gasteiger partial charge in [0.25, 0.3) is 0 Å². The molecule has 2 aliphatic heterocycles. The number of sulfonamides is 1. The van der Waals surface area contributed by atoms with Gasteiger partial charge in [-0.15, -0.1) is 0 Å². The van der Waals surface area contributed by atoms with Crippen LogP contribution in [-0.4, -0.2) is 76.6 Å². The van der Waals surface area contributed by atoms with Gasteiger partial charge in [-0.2, -0.15) is 9.40 Å². The van der Waals surface area contributed by atoms with Crippen LogP contribution in [0.3, 0.4) is 0 Å². The number of aromatic nitrogens is 4. The number of carbonyl (C=O) groups is 1. The van der Waals surface area contributed by atoms with Gasteiger partial charge in [0.05, 0.1) is 23.8 Å². The summed E-state index contributed by atoms with van der Waals surface area (Å²) >= 11 is 0. The van der Waals surface area contributed by atoms with Crippen molar-refractivity contribution in [1.29, 1.82) is 0 Å². The Labute approximate surface area is 217 Å². The molecule has 1 amide bonds. The zero-order valence-electron chi connectivity index (χ0n) is 21.2. The van der Waals surface area contributed by atoms with Crippen LogP contribution < -0.4 is 15.5 Å². The molecular formula is C25H34N8O3S. The second-order valence-electron chi connectivity index (χ2n) is 10.00. The summed E-state index contributed by atoms with van der Waals surface area (Å²) in [6.07, 6.45) is 7.72. The first-order valence-electron chi connectivity index (χ1n) is 12.9. The molecule has 0 bridgehead atoms. The molecular weight excluding hydrogens is 492 g/mol. The number of aromatic amines is 1.